The summed E-state index contributed by atoms with van der Waals surface area (Å²) in [6, 6.07) is 18.4. The lowest BCUT2D eigenvalue weighted by Gasteiger charge is -2.26. The first-order valence-electron chi connectivity index (χ1n) is 11.6. The third kappa shape index (κ3) is 6.50. The highest BCUT2D eigenvalue weighted by molar-refractivity contribution is 7.89. The van der Waals surface area contributed by atoms with Crippen LogP contribution in [0.3, 0.4) is 0 Å². The lowest BCUT2D eigenvalue weighted by molar-refractivity contribution is 0.0730. The number of para-hydroxylation sites is 2. The number of carbonyl (C=O) groups excluding carboxylic acids is 2. The summed E-state index contributed by atoms with van der Waals surface area (Å²) in [6.45, 7) is 1.29. The smallest absolute Gasteiger partial charge is 0.258 e. The van der Waals surface area contributed by atoms with E-state index < -0.39 is 33.2 Å². The van der Waals surface area contributed by atoms with Crippen molar-refractivity contribution in [1.82, 2.24) is 9.62 Å². The second-order valence-electron chi connectivity index (χ2n) is 8.08. The fourth-order valence-corrected chi connectivity index (χ4v) is 5.13. The Morgan fingerprint density at radius 1 is 0.919 bits per heavy atom. The molecule has 3 aromatic rings. The van der Waals surface area contributed by atoms with E-state index in [0.717, 1.165) is 18.2 Å². The van der Waals surface area contributed by atoms with Crippen LogP contribution in [0.25, 0.3) is 0 Å². The average molecular weight is 528 g/mol. The van der Waals surface area contributed by atoms with Gasteiger partial charge in [0.1, 0.15) is 18.2 Å². The maximum atomic E-state index is 14.6. The number of rotatable bonds is 9. The molecule has 2 N–H and O–H groups in total. The van der Waals surface area contributed by atoms with Gasteiger partial charge in [0.15, 0.2) is 0 Å². The van der Waals surface area contributed by atoms with Crippen molar-refractivity contribution in [3.05, 3.63) is 89.7 Å². The van der Waals surface area contributed by atoms with Crippen molar-refractivity contribution in [3.63, 3.8) is 0 Å². The van der Waals surface area contributed by atoms with Crippen molar-refractivity contribution < 1.29 is 31.9 Å². The van der Waals surface area contributed by atoms with E-state index in [1.807, 2.05) is 18.2 Å². The first kappa shape index (κ1) is 26.3. The SMILES string of the molecule is O=C(Nc1ccccc1C(=O)NCCOc1ccccc1)c1cc(S(=O)(=O)N2CCOCC2)ccc1F. The van der Waals surface area contributed by atoms with Gasteiger partial charge in [0.05, 0.1) is 41.5 Å². The van der Waals surface area contributed by atoms with Crippen LogP contribution in [0.2, 0.25) is 0 Å². The number of morpholine rings is 1. The summed E-state index contributed by atoms with van der Waals surface area (Å²) in [5, 5.41) is 5.24. The van der Waals surface area contributed by atoms with E-state index in [1.165, 1.54) is 16.4 Å². The zero-order valence-corrected chi connectivity index (χ0v) is 20.7. The Kier molecular flexibility index (Phi) is 8.49. The summed E-state index contributed by atoms with van der Waals surface area (Å²) in [5.74, 6) is -1.57. The number of amides is 2. The normalized spacial score (nSPS) is 14.1. The van der Waals surface area contributed by atoms with Crippen molar-refractivity contribution in [2.24, 2.45) is 0 Å². The zero-order valence-electron chi connectivity index (χ0n) is 19.9. The quantitative estimate of drug-likeness (QED) is 0.414. The molecule has 1 heterocycles. The van der Waals surface area contributed by atoms with Gasteiger partial charge in [-0.25, -0.2) is 12.8 Å². The highest BCUT2D eigenvalue weighted by atomic mass is 32.2. The number of nitrogens with one attached hydrogen (secondary N) is 2. The number of nitrogens with zero attached hydrogens (tertiary/aromatic N) is 1. The number of carbonyl (C=O) groups is 2. The van der Waals surface area contributed by atoms with E-state index in [9.17, 15) is 22.4 Å². The molecule has 0 atom stereocenters. The molecule has 4 rings (SSSR count). The molecule has 1 fully saturated rings. The molecule has 1 aliphatic heterocycles. The second-order valence-corrected chi connectivity index (χ2v) is 10.0. The van der Waals surface area contributed by atoms with Gasteiger partial charge < -0.3 is 20.1 Å². The van der Waals surface area contributed by atoms with Gasteiger partial charge in [-0.3, -0.25) is 9.59 Å². The molecule has 0 aliphatic carbocycles. The van der Waals surface area contributed by atoms with Gasteiger partial charge in [0.25, 0.3) is 11.8 Å². The fourth-order valence-electron chi connectivity index (χ4n) is 3.70. The van der Waals surface area contributed by atoms with Gasteiger partial charge in [0.2, 0.25) is 10.0 Å². The summed E-state index contributed by atoms with van der Waals surface area (Å²) in [4.78, 5) is 25.5. The maximum Gasteiger partial charge on any atom is 0.258 e. The second kappa shape index (κ2) is 12.0. The van der Waals surface area contributed by atoms with Crippen LogP contribution in [0.1, 0.15) is 20.7 Å². The molecule has 11 heteroatoms. The van der Waals surface area contributed by atoms with Crippen LogP contribution in [0.5, 0.6) is 5.75 Å². The summed E-state index contributed by atoms with van der Waals surface area (Å²) in [5.41, 5.74) is -0.149. The van der Waals surface area contributed by atoms with E-state index in [4.69, 9.17) is 9.47 Å². The van der Waals surface area contributed by atoms with E-state index >= 15 is 0 Å². The summed E-state index contributed by atoms with van der Waals surface area (Å²) < 4.78 is 52.4. The predicted molar refractivity (Wildman–Crippen MR) is 135 cm³/mol. The van der Waals surface area contributed by atoms with Crippen molar-refractivity contribution in [2.75, 3.05) is 44.8 Å². The Morgan fingerprint density at radius 2 is 1.62 bits per heavy atom. The lowest BCUT2D eigenvalue weighted by Crippen LogP contribution is -2.40. The van der Waals surface area contributed by atoms with E-state index in [-0.39, 0.29) is 55.6 Å². The molecule has 2 amide bonds. The molecule has 0 unspecified atom stereocenters. The molecule has 1 aliphatic rings. The molecule has 37 heavy (non-hydrogen) atoms. The van der Waals surface area contributed by atoms with Crippen molar-refractivity contribution in [3.8, 4) is 5.75 Å². The van der Waals surface area contributed by atoms with E-state index in [2.05, 4.69) is 10.6 Å². The lowest BCUT2D eigenvalue weighted by atomic mass is 10.1. The number of benzene rings is 3. The van der Waals surface area contributed by atoms with E-state index in [1.54, 1.807) is 24.3 Å². The van der Waals surface area contributed by atoms with E-state index in [0.29, 0.717) is 5.75 Å². The third-order valence-corrected chi connectivity index (χ3v) is 7.50. The molecule has 0 aromatic heterocycles. The first-order chi connectivity index (χ1) is 17.9. The highest BCUT2D eigenvalue weighted by Crippen LogP contribution is 2.22. The van der Waals surface area contributed by atoms with Gasteiger partial charge in [-0.1, -0.05) is 30.3 Å². The van der Waals surface area contributed by atoms with Crippen LogP contribution < -0.4 is 15.4 Å². The summed E-state index contributed by atoms with van der Waals surface area (Å²) >= 11 is 0. The largest absolute Gasteiger partial charge is 0.492 e. The molecule has 194 valence electrons. The number of anilines is 1. The Bertz CT molecular complexity index is 1360. The number of halogens is 1. The third-order valence-electron chi connectivity index (χ3n) is 5.61. The van der Waals surface area contributed by atoms with Gasteiger partial charge in [0, 0.05) is 13.1 Å². The average Bonchev–Trinajstić information content (AvgIpc) is 2.92. The molecule has 3 aromatic carbocycles. The van der Waals surface area contributed by atoms with Gasteiger partial charge in [-0.15, -0.1) is 0 Å². The Balaban J connectivity index is 1.44. The molecule has 0 saturated carbocycles. The molecule has 0 radical (unpaired) electrons. The van der Waals surface area contributed by atoms with Crippen LogP contribution >= 0.6 is 0 Å². The number of hydrogen-bond acceptors (Lipinski definition) is 6. The number of sulfonamides is 1. The number of hydrogen-bond donors (Lipinski definition) is 2. The van der Waals surface area contributed by atoms with Crippen molar-refractivity contribution in [2.45, 2.75) is 4.90 Å². The van der Waals surface area contributed by atoms with Crippen LogP contribution in [0.15, 0.2) is 77.7 Å². The topological polar surface area (TPSA) is 114 Å². The minimum Gasteiger partial charge on any atom is -0.492 e. The molecule has 0 bridgehead atoms. The molecular formula is C26H26FN3O6S. The molecule has 0 spiro atoms. The zero-order chi connectivity index (χ0) is 26.3. The Morgan fingerprint density at radius 3 is 2.38 bits per heavy atom. The fraction of sp³-hybridized carbons (Fsp3) is 0.231. The van der Waals surface area contributed by atoms with Crippen LogP contribution in [0.4, 0.5) is 10.1 Å². The summed E-state index contributed by atoms with van der Waals surface area (Å²) in [6.07, 6.45) is 0. The Labute approximate surface area is 214 Å². The van der Waals surface area contributed by atoms with Crippen LogP contribution in [-0.4, -0.2) is 64.0 Å². The monoisotopic (exact) mass is 527 g/mol. The standard InChI is InChI=1S/C26H26FN3O6S/c27-23-11-10-20(37(33,34)30-13-16-35-17-14-30)18-22(23)26(32)29-24-9-5-4-8-21(24)25(31)28-12-15-36-19-6-2-1-3-7-19/h1-11,18H,12-17H2,(H,28,31)(H,29,32). The predicted octanol–water partition coefficient (Wildman–Crippen LogP) is 2.91. The van der Waals surface area contributed by atoms with Crippen molar-refractivity contribution in [1.29, 1.82) is 0 Å². The van der Waals surface area contributed by atoms with Crippen LogP contribution in [0, 0.1) is 5.82 Å². The van der Waals surface area contributed by atoms with Gasteiger partial charge >= 0.3 is 0 Å². The number of ether oxygens (including phenoxy) is 2. The van der Waals surface area contributed by atoms with Crippen molar-refractivity contribution >= 4 is 27.5 Å². The minimum absolute atomic E-state index is 0.148. The van der Waals surface area contributed by atoms with Gasteiger partial charge in [-0.05, 0) is 42.5 Å². The minimum atomic E-state index is -3.93. The summed E-state index contributed by atoms with van der Waals surface area (Å²) in [7, 11) is -3.93. The Hall–Kier alpha value is -3.80. The van der Waals surface area contributed by atoms with Gasteiger partial charge in [-0.2, -0.15) is 4.31 Å². The van der Waals surface area contributed by atoms with Crippen LogP contribution in [-0.2, 0) is 14.8 Å². The molecule has 9 nitrogen and oxygen atoms in total. The molecular weight excluding hydrogens is 501 g/mol. The first-order valence-corrected chi connectivity index (χ1v) is 13.0. The maximum absolute atomic E-state index is 14.6. The highest BCUT2D eigenvalue weighted by Gasteiger charge is 2.28. The molecule has 1 saturated heterocycles.